The summed E-state index contributed by atoms with van der Waals surface area (Å²) in [4.78, 5) is 47.1. The van der Waals surface area contributed by atoms with Gasteiger partial charge in [0.05, 0.1) is 0 Å². The molecule has 3 N–H and O–H groups in total. The van der Waals surface area contributed by atoms with Gasteiger partial charge in [-0.2, -0.15) is 0 Å². The average Bonchev–Trinajstić information content (AvgIpc) is 2.44. The molecule has 21 heavy (non-hydrogen) atoms. The van der Waals surface area contributed by atoms with Gasteiger partial charge in [0, 0.05) is 13.5 Å². The zero-order valence-corrected chi connectivity index (χ0v) is 12.4. The standard InChI is InChI=1S/C13H21N3O5/c1-4-7(2)10(12(19)20)15-13(21)14-8-5-6-9(17)16(3)11(8)18/h7-8,10H,4-6H2,1-3H3,(H,19,20)(H2,14,15,21)/t7?,8?,10-/m0/s1. The molecule has 0 aromatic rings. The van der Waals surface area contributed by atoms with E-state index in [0.29, 0.717) is 6.42 Å². The molecule has 1 aliphatic heterocycles. The monoisotopic (exact) mass is 299 g/mol. The van der Waals surface area contributed by atoms with Crippen LogP contribution >= 0.6 is 0 Å². The number of hydrogen-bond acceptors (Lipinski definition) is 4. The summed E-state index contributed by atoms with van der Waals surface area (Å²) in [6.45, 7) is 3.54. The maximum absolute atomic E-state index is 11.8. The lowest BCUT2D eigenvalue weighted by Crippen LogP contribution is -2.57. The fourth-order valence-electron chi connectivity index (χ4n) is 2.07. The van der Waals surface area contributed by atoms with E-state index in [-0.39, 0.29) is 24.7 Å². The van der Waals surface area contributed by atoms with E-state index < -0.39 is 30.0 Å². The summed E-state index contributed by atoms with van der Waals surface area (Å²) >= 11 is 0. The molecule has 0 aromatic heterocycles. The zero-order valence-electron chi connectivity index (χ0n) is 12.4. The molecular formula is C13H21N3O5. The highest BCUT2D eigenvalue weighted by Gasteiger charge is 2.33. The Bertz CT molecular complexity index is 451. The van der Waals surface area contributed by atoms with Gasteiger partial charge in [-0.05, 0) is 12.3 Å². The first kappa shape index (κ1) is 16.9. The van der Waals surface area contributed by atoms with Gasteiger partial charge in [-0.1, -0.05) is 20.3 Å². The molecule has 0 bridgehead atoms. The van der Waals surface area contributed by atoms with Gasteiger partial charge in [0.25, 0.3) is 5.91 Å². The van der Waals surface area contributed by atoms with E-state index >= 15 is 0 Å². The smallest absolute Gasteiger partial charge is 0.326 e. The van der Waals surface area contributed by atoms with Crippen LogP contribution in [0.4, 0.5) is 4.79 Å². The van der Waals surface area contributed by atoms with E-state index in [1.54, 1.807) is 6.92 Å². The third-order valence-electron chi connectivity index (χ3n) is 3.72. The number of carbonyl (C=O) groups excluding carboxylic acids is 3. The number of aliphatic carboxylic acids is 1. The number of nitrogens with zero attached hydrogens (tertiary/aromatic N) is 1. The predicted octanol–water partition coefficient (Wildman–Crippen LogP) is -0.0677. The van der Waals surface area contributed by atoms with Crippen molar-refractivity contribution in [1.29, 1.82) is 0 Å². The van der Waals surface area contributed by atoms with E-state index in [2.05, 4.69) is 10.6 Å². The number of carbonyl (C=O) groups is 4. The van der Waals surface area contributed by atoms with Crippen molar-refractivity contribution >= 4 is 23.8 Å². The number of piperidine rings is 1. The Morgan fingerprint density at radius 1 is 1.43 bits per heavy atom. The Morgan fingerprint density at radius 3 is 2.57 bits per heavy atom. The van der Waals surface area contributed by atoms with Crippen LogP contribution in [0.25, 0.3) is 0 Å². The minimum Gasteiger partial charge on any atom is -0.480 e. The van der Waals surface area contributed by atoms with E-state index in [0.717, 1.165) is 4.90 Å². The Balaban J connectivity index is 2.62. The number of carboxylic acids is 1. The molecule has 8 heteroatoms. The molecule has 1 saturated heterocycles. The largest absolute Gasteiger partial charge is 0.480 e. The molecule has 0 radical (unpaired) electrons. The van der Waals surface area contributed by atoms with Crippen LogP contribution in [0.3, 0.4) is 0 Å². The molecule has 0 saturated carbocycles. The van der Waals surface area contributed by atoms with Crippen molar-refractivity contribution in [2.45, 2.75) is 45.2 Å². The van der Waals surface area contributed by atoms with Gasteiger partial charge in [0.15, 0.2) is 0 Å². The number of hydrogen-bond donors (Lipinski definition) is 3. The second kappa shape index (κ2) is 7.05. The van der Waals surface area contributed by atoms with Crippen molar-refractivity contribution in [3.63, 3.8) is 0 Å². The summed E-state index contributed by atoms with van der Waals surface area (Å²) in [7, 11) is 1.36. The summed E-state index contributed by atoms with van der Waals surface area (Å²) in [5, 5.41) is 13.9. The van der Waals surface area contributed by atoms with Crippen molar-refractivity contribution in [3.8, 4) is 0 Å². The van der Waals surface area contributed by atoms with Crippen LogP contribution in [0.1, 0.15) is 33.1 Å². The van der Waals surface area contributed by atoms with Crippen LogP contribution in [0.15, 0.2) is 0 Å². The Labute approximate surface area is 122 Å². The lowest BCUT2D eigenvalue weighted by molar-refractivity contribution is -0.147. The highest BCUT2D eigenvalue weighted by molar-refractivity contribution is 6.01. The van der Waals surface area contributed by atoms with E-state index in [9.17, 15) is 19.2 Å². The van der Waals surface area contributed by atoms with E-state index in [1.165, 1.54) is 7.05 Å². The van der Waals surface area contributed by atoms with Crippen LogP contribution in [0.5, 0.6) is 0 Å². The lowest BCUT2D eigenvalue weighted by atomic mass is 9.99. The van der Waals surface area contributed by atoms with Crippen LogP contribution in [-0.4, -0.2) is 53.0 Å². The predicted molar refractivity (Wildman–Crippen MR) is 73.3 cm³/mol. The van der Waals surface area contributed by atoms with Crippen LogP contribution in [-0.2, 0) is 14.4 Å². The molecular weight excluding hydrogens is 278 g/mol. The molecule has 1 heterocycles. The van der Waals surface area contributed by atoms with E-state index in [4.69, 9.17) is 5.11 Å². The maximum atomic E-state index is 11.8. The van der Waals surface area contributed by atoms with Crippen molar-refractivity contribution in [2.75, 3.05) is 7.05 Å². The van der Waals surface area contributed by atoms with Gasteiger partial charge in [0.1, 0.15) is 12.1 Å². The minimum absolute atomic E-state index is 0.168. The molecule has 1 aliphatic rings. The first-order valence-corrected chi connectivity index (χ1v) is 6.88. The van der Waals surface area contributed by atoms with Crippen LogP contribution < -0.4 is 10.6 Å². The Morgan fingerprint density at radius 2 is 2.05 bits per heavy atom. The number of likely N-dealkylation sites (N-methyl/N-ethyl adjacent to an activating group) is 1. The number of amides is 4. The molecule has 0 aromatic carbocycles. The normalized spacial score (nSPS) is 21.7. The first-order valence-electron chi connectivity index (χ1n) is 6.88. The fourth-order valence-corrected chi connectivity index (χ4v) is 2.07. The molecule has 3 atom stereocenters. The quantitative estimate of drug-likeness (QED) is 0.615. The Hall–Kier alpha value is -2.12. The van der Waals surface area contributed by atoms with Crippen LogP contribution in [0.2, 0.25) is 0 Å². The number of nitrogens with one attached hydrogen (secondary N) is 2. The zero-order chi connectivity index (χ0) is 16.2. The molecule has 0 spiro atoms. The van der Waals surface area contributed by atoms with Crippen molar-refractivity contribution < 1.29 is 24.3 Å². The second-order valence-corrected chi connectivity index (χ2v) is 5.20. The van der Waals surface area contributed by atoms with Gasteiger partial charge >= 0.3 is 12.0 Å². The average molecular weight is 299 g/mol. The molecule has 1 rings (SSSR count). The third kappa shape index (κ3) is 4.17. The number of urea groups is 1. The van der Waals surface area contributed by atoms with Gasteiger partial charge in [0.2, 0.25) is 5.91 Å². The SMILES string of the molecule is CCC(C)[C@H](NC(=O)NC1CCC(=O)N(C)C1=O)C(=O)O. The van der Waals surface area contributed by atoms with Crippen molar-refractivity contribution in [3.05, 3.63) is 0 Å². The number of carboxylic acid groups (broad SMARTS) is 1. The lowest BCUT2D eigenvalue weighted by Gasteiger charge is -2.29. The maximum Gasteiger partial charge on any atom is 0.326 e. The molecule has 8 nitrogen and oxygen atoms in total. The summed E-state index contributed by atoms with van der Waals surface area (Å²) in [6, 6.07) is -2.55. The Kier molecular flexibility index (Phi) is 5.69. The number of rotatable bonds is 5. The summed E-state index contributed by atoms with van der Waals surface area (Å²) in [5.74, 6) is -2.14. The number of imide groups is 1. The highest BCUT2D eigenvalue weighted by atomic mass is 16.4. The second-order valence-electron chi connectivity index (χ2n) is 5.20. The summed E-state index contributed by atoms with van der Waals surface area (Å²) in [6.07, 6.45) is 0.980. The van der Waals surface area contributed by atoms with Gasteiger partial charge < -0.3 is 15.7 Å². The molecule has 118 valence electrons. The third-order valence-corrected chi connectivity index (χ3v) is 3.72. The highest BCUT2D eigenvalue weighted by Crippen LogP contribution is 2.12. The summed E-state index contributed by atoms with van der Waals surface area (Å²) in [5.41, 5.74) is 0. The van der Waals surface area contributed by atoms with Gasteiger partial charge in [-0.15, -0.1) is 0 Å². The first-order chi connectivity index (χ1) is 9.77. The number of likely N-dealkylation sites (tertiary alicyclic amines) is 1. The van der Waals surface area contributed by atoms with Crippen LogP contribution in [0, 0.1) is 5.92 Å². The van der Waals surface area contributed by atoms with Gasteiger partial charge in [-0.25, -0.2) is 9.59 Å². The van der Waals surface area contributed by atoms with E-state index in [1.807, 2.05) is 6.92 Å². The van der Waals surface area contributed by atoms with Crippen molar-refractivity contribution in [2.24, 2.45) is 5.92 Å². The van der Waals surface area contributed by atoms with Crippen molar-refractivity contribution in [1.82, 2.24) is 15.5 Å². The molecule has 0 aliphatic carbocycles. The molecule has 4 amide bonds. The summed E-state index contributed by atoms with van der Waals surface area (Å²) < 4.78 is 0. The molecule has 1 fully saturated rings. The molecule has 2 unspecified atom stereocenters. The topological polar surface area (TPSA) is 116 Å². The fraction of sp³-hybridized carbons (Fsp3) is 0.692. The minimum atomic E-state index is -1.12. The van der Waals surface area contributed by atoms with Gasteiger partial charge in [-0.3, -0.25) is 14.5 Å².